The van der Waals surface area contributed by atoms with Crippen LogP contribution in [0, 0.1) is 16.0 Å². The van der Waals surface area contributed by atoms with Crippen molar-refractivity contribution in [1.82, 2.24) is 4.90 Å². The topological polar surface area (TPSA) is 72.7 Å². The van der Waals surface area contributed by atoms with Crippen LogP contribution >= 0.6 is 15.9 Å². The Hall–Kier alpha value is -1.63. The van der Waals surface area contributed by atoms with Gasteiger partial charge in [0.1, 0.15) is 11.7 Å². The van der Waals surface area contributed by atoms with Gasteiger partial charge in [0.05, 0.1) is 7.11 Å². The van der Waals surface area contributed by atoms with Gasteiger partial charge < -0.3 is 9.64 Å². The van der Waals surface area contributed by atoms with Crippen molar-refractivity contribution < 1.29 is 14.5 Å². The fraction of sp³-hybridized carbons (Fsp3) is 0.462. The van der Waals surface area contributed by atoms with Crippen LogP contribution < -0.4 is 4.74 Å². The first-order chi connectivity index (χ1) is 9.43. The third-order valence-electron chi connectivity index (χ3n) is 3.37. The molecule has 6 nitrogen and oxygen atoms in total. The fourth-order valence-corrected chi connectivity index (χ4v) is 2.58. The summed E-state index contributed by atoms with van der Waals surface area (Å²) in [7, 11) is 3.22. The highest BCUT2D eigenvalue weighted by molar-refractivity contribution is 9.10. The van der Waals surface area contributed by atoms with Crippen LogP contribution in [0.3, 0.4) is 0 Å². The molecule has 2 atom stereocenters. The number of hydrogen-bond donors (Lipinski definition) is 0. The van der Waals surface area contributed by atoms with Crippen LogP contribution in [0.15, 0.2) is 22.7 Å². The number of nitro groups is 1. The van der Waals surface area contributed by atoms with Gasteiger partial charge in [-0.05, 0) is 18.2 Å². The van der Waals surface area contributed by atoms with Crippen LogP contribution in [0.5, 0.6) is 5.75 Å². The van der Waals surface area contributed by atoms with E-state index in [1.807, 2.05) is 18.2 Å². The lowest BCUT2D eigenvalue weighted by atomic mass is 10.2. The maximum absolute atomic E-state index is 12.1. The molecule has 7 heteroatoms. The van der Waals surface area contributed by atoms with Crippen molar-refractivity contribution in [2.75, 3.05) is 14.2 Å². The zero-order chi connectivity index (χ0) is 14.9. The van der Waals surface area contributed by atoms with Crippen molar-refractivity contribution in [2.24, 2.45) is 5.92 Å². The molecule has 1 saturated carbocycles. The fourth-order valence-electron chi connectivity index (χ4n) is 2.17. The van der Waals surface area contributed by atoms with Crippen molar-refractivity contribution >= 4 is 21.8 Å². The SMILES string of the molecule is COc1ccc(Br)cc1CN(C)C(=O)[C@H]1C[C@@H]1[N+](=O)[O-]. The zero-order valence-electron chi connectivity index (χ0n) is 11.2. The van der Waals surface area contributed by atoms with Crippen molar-refractivity contribution in [3.63, 3.8) is 0 Å². The van der Waals surface area contributed by atoms with Gasteiger partial charge in [-0.2, -0.15) is 0 Å². The minimum absolute atomic E-state index is 0.186. The lowest BCUT2D eigenvalue weighted by Crippen LogP contribution is -2.29. The summed E-state index contributed by atoms with van der Waals surface area (Å²) in [5, 5.41) is 10.6. The van der Waals surface area contributed by atoms with Crippen molar-refractivity contribution in [3.8, 4) is 5.75 Å². The predicted molar refractivity (Wildman–Crippen MR) is 76.1 cm³/mol. The third-order valence-corrected chi connectivity index (χ3v) is 3.86. The molecule has 1 fully saturated rings. The number of amides is 1. The Morgan fingerprint density at radius 1 is 1.60 bits per heavy atom. The maximum Gasteiger partial charge on any atom is 0.232 e. The molecule has 1 aliphatic rings. The van der Waals surface area contributed by atoms with E-state index in [0.29, 0.717) is 18.7 Å². The number of halogens is 1. The van der Waals surface area contributed by atoms with Gasteiger partial charge in [0.15, 0.2) is 0 Å². The summed E-state index contributed by atoms with van der Waals surface area (Å²) in [6.07, 6.45) is 0.339. The van der Waals surface area contributed by atoms with E-state index in [1.165, 1.54) is 4.90 Å². The molecule has 20 heavy (non-hydrogen) atoms. The summed E-state index contributed by atoms with van der Waals surface area (Å²) in [6, 6.07) is 4.83. The Bertz CT molecular complexity index is 549. The first-order valence-corrected chi connectivity index (χ1v) is 6.94. The summed E-state index contributed by atoms with van der Waals surface area (Å²) in [5.41, 5.74) is 0.857. The molecule has 1 aromatic carbocycles. The molecule has 0 bridgehead atoms. The number of ether oxygens (including phenoxy) is 1. The number of rotatable bonds is 5. The van der Waals surface area contributed by atoms with Crippen LogP contribution in [-0.2, 0) is 11.3 Å². The van der Waals surface area contributed by atoms with Crippen molar-refractivity contribution in [2.45, 2.75) is 19.0 Å². The minimum atomic E-state index is -0.714. The van der Waals surface area contributed by atoms with Crippen molar-refractivity contribution in [3.05, 3.63) is 38.3 Å². The van der Waals surface area contributed by atoms with Gasteiger partial charge in [0.25, 0.3) is 0 Å². The quantitative estimate of drug-likeness (QED) is 0.606. The molecule has 0 aliphatic heterocycles. The Morgan fingerprint density at radius 3 is 2.85 bits per heavy atom. The van der Waals surface area contributed by atoms with Gasteiger partial charge >= 0.3 is 0 Å². The Morgan fingerprint density at radius 2 is 2.30 bits per heavy atom. The van der Waals surface area contributed by atoms with Gasteiger partial charge in [-0.3, -0.25) is 14.9 Å². The molecule has 1 aliphatic carbocycles. The normalized spacial score (nSPS) is 20.4. The standard InChI is InChI=1S/C13H15BrN2O4/c1-15(13(17)10-6-11(10)16(18)19)7-8-5-9(14)3-4-12(8)20-2/h3-5,10-11H,6-7H2,1-2H3/t10-,11-/m0/s1. The van der Waals surface area contributed by atoms with E-state index >= 15 is 0 Å². The van der Waals surface area contributed by atoms with Crippen LogP contribution in [-0.4, -0.2) is 35.9 Å². The van der Waals surface area contributed by atoms with Crippen molar-refractivity contribution in [1.29, 1.82) is 0 Å². The third kappa shape index (κ3) is 3.09. The van der Waals surface area contributed by atoms with Gasteiger partial charge in [-0.25, -0.2) is 0 Å². The summed E-state index contributed by atoms with van der Waals surface area (Å²) < 4.78 is 6.14. The van der Waals surface area contributed by atoms with E-state index in [0.717, 1.165) is 10.0 Å². The second-order valence-electron chi connectivity index (χ2n) is 4.85. The molecular formula is C13H15BrN2O4. The zero-order valence-corrected chi connectivity index (χ0v) is 12.8. The number of benzene rings is 1. The minimum Gasteiger partial charge on any atom is -0.496 e. The van der Waals surface area contributed by atoms with E-state index in [4.69, 9.17) is 4.74 Å². The van der Waals surface area contributed by atoms with Gasteiger partial charge in [-0.1, -0.05) is 15.9 Å². The molecule has 2 rings (SSSR count). The smallest absolute Gasteiger partial charge is 0.232 e. The van der Waals surface area contributed by atoms with Gasteiger partial charge in [-0.15, -0.1) is 0 Å². The molecule has 1 amide bonds. The molecule has 0 spiro atoms. The van der Waals surface area contributed by atoms with E-state index in [2.05, 4.69) is 15.9 Å². The average molecular weight is 343 g/mol. The second-order valence-corrected chi connectivity index (χ2v) is 5.76. The Kier molecular flexibility index (Phi) is 4.27. The van der Waals surface area contributed by atoms with Crippen LogP contribution in [0.4, 0.5) is 0 Å². The van der Waals surface area contributed by atoms with E-state index in [9.17, 15) is 14.9 Å². The largest absolute Gasteiger partial charge is 0.496 e. The van der Waals surface area contributed by atoms with Gasteiger partial charge in [0.2, 0.25) is 11.9 Å². The van der Waals surface area contributed by atoms with Crippen LogP contribution in [0.1, 0.15) is 12.0 Å². The lowest BCUT2D eigenvalue weighted by molar-refractivity contribution is -0.497. The summed E-state index contributed by atoms with van der Waals surface area (Å²) in [4.78, 5) is 23.8. The summed E-state index contributed by atoms with van der Waals surface area (Å²) >= 11 is 3.37. The molecule has 0 aromatic heterocycles. The Labute approximate surface area is 125 Å². The molecule has 0 saturated heterocycles. The number of hydrogen-bond acceptors (Lipinski definition) is 4. The molecule has 0 unspecified atom stereocenters. The molecular weight excluding hydrogens is 328 g/mol. The van der Waals surface area contributed by atoms with E-state index < -0.39 is 12.0 Å². The lowest BCUT2D eigenvalue weighted by Gasteiger charge is -2.18. The second kappa shape index (κ2) is 5.78. The predicted octanol–water partition coefficient (Wildman–Crippen LogP) is 2.08. The number of carbonyl (C=O) groups excluding carboxylic acids is 1. The van der Waals surface area contributed by atoms with Gasteiger partial charge in [0, 0.05) is 35.0 Å². The Balaban J connectivity index is 2.05. The van der Waals surface area contributed by atoms with Crippen LogP contribution in [0.2, 0.25) is 0 Å². The summed E-state index contributed by atoms with van der Waals surface area (Å²) in [6.45, 7) is 0.363. The highest BCUT2D eigenvalue weighted by atomic mass is 79.9. The first kappa shape index (κ1) is 14.8. The molecule has 1 aromatic rings. The first-order valence-electron chi connectivity index (χ1n) is 6.15. The number of methoxy groups -OCH3 is 1. The monoisotopic (exact) mass is 342 g/mol. The highest BCUT2D eigenvalue weighted by Gasteiger charge is 2.54. The molecule has 0 N–H and O–H groups in total. The number of carbonyl (C=O) groups is 1. The van der Waals surface area contributed by atoms with Crippen LogP contribution in [0.25, 0.3) is 0 Å². The maximum atomic E-state index is 12.1. The van der Waals surface area contributed by atoms with E-state index in [-0.39, 0.29) is 10.8 Å². The molecule has 0 radical (unpaired) electrons. The molecule has 108 valence electrons. The average Bonchev–Trinajstić information content (AvgIpc) is 3.18. The number of nitrogens with zero attached hydrogens (tertiary/aromatic N) is 2. The summed E-state index contributed by atoms with van der Waals surface area (Å²) in [5.74, 6) is 0.0244. The highest BCUT2D eigenvalue weighted by Crippen LogP contribution is 2.35. The van der Waals surface area contributed by atoms with E-state index in [1.54, 1.807) is 14.2 Å². The molecule has 0 heterocycles.